The molecule has 6 heteroatoms. The van der Waals surface area contributed by atoms with E-state index in [0.29, 0.717) is 18.8 Å². The van der Waals surface area contributed by atoms with Crippen molar-refractivity contribution in [2.75, 3.05) is 18.1 Å². The Morgan fingerprint density at radius 3 is 2.93 bits per heavy atom. The second-order valence-corrected chi connectivity index (χ2v) is 4.59. The maximum absolute atomic E-state index is 11.7. The Labute approximate surface area is 95.8 Å². The van der Waals surface area contributed by atoms with E-state index in [-0.39, 0.29) is 18.4 Å². The maximum Gasteiger partial charge on any atom is 0.228 e. The number of aromatic nitrogens is 2. The summed E-state index contributed by atoms with van der Waals surface area (Å²) in [5, 5.41) is 13.2. The average Bonchev–Trinajstić information content (AvgIpc) is 2.69. The number of rotatable bonds is 2. The second kappa shape index (κ2) is 3.94. The first-order valence-corrected chi connectivity index (χ1v) is 5.51. The summed E-state index contributed by atoms with van der Waals surface area (Å²) < 4.78 is 2.45. The molecule has 1 N–H and O–H groups in total. The zero-order valence-electron chi connectivity index (χ0n) is 8.35. The topological polar surface area (TPSA) is 58.4 Å². The van der Waals surface area contributed by atoms with Crippen molar-refractivity contribution in [2.24, 2.45) is 13.0 Å². The van der Waals surface area contributed by atoms with Crippen LogP contribution in [0, 0.1) is 5.92 Å². The Bertz CT molecular complexity index is 391. The van der Waals surface area contributed by atoms with E-state index in [1.807, 2.05) is 0 Å². The molecule has 0 aliphatic carbocycles. The smallest absolute Gasteiger partial charge is 0.228 e. The highest BCUT2D eigenvalue weighted by Crippen LogP contribution is 2.29. The molecule has 1 saturated heterocycles. The largest absolute Gasteiger partial charge is 0.396 e. The van der Waals surface area contributed by atoms with Gasteiger partial charge in [0.05, 0.1) is 4.47 Å². The monoisotopic (exact) mass is 273 g/mol. The lowest BCUT2D eigenvalue weighted by atomic mass is 10.1. The van der Waals surface area contributed by atoms with Crippen LogP contribution in [0.5, 0.6) is 0 Å². The summed E-state index contributed by atoms with van der Waals surface area (Å²) in [5.41, 5.74) is 0. The Balaban J connectivity index is 2.25. The Morgan fingerprint density at radius 1 is 1.73 bits per heavy atom. The van der Waals surface area contributed by atoms with Crippen LogP contribution in [0.15, 0.2) is 10.7 Å². The number of carbonyl (C=O) groups is 1. The fraction of sp³-hybridized carbons (Fsp3) is 0.556. The molecule has 1 aliphatic heterocycles. The molecular weight excluding hydrogens is 262 g/mol. The number of anilines is 1. The molecule has 5 nitrogen and oxygen atoms in total. The molecule has 0 aromatic carbocycles. The predicted octanol–water partition coefficient (Wildman–Crippen LogP) is 0.528. The number of carbonyl (C=O) groups excluding carboxylic acids is 1. The van der Waals surface area contributed by atoms with Crippen molar-refractivity contribution < 1.29 is 9.90 Å². The molecule has 1 atom stereocenters. The van der Waals surface area contributed by atoms with Gasteiger partial charge in [0, 0.05) is 38.7 Å². The van der Waals surface area contributed by atoms with Crippen LogP contribution >= 0.6 is 15.9 Å². The fourth-order valence-corrected chi connectivity index (χ4v) is 2.33. The predicted molar refractivity (Wildman–Crippen MR) is 58.5 cm³/mol. The molecular formula is C9H12BrN3O2. The van der Waals surface area contributed by atoms with Crippen LogP contribution in [-0.4, -0.2) is 33.9 Å². The highest BCUT2D eigenvalue weighted by Gasteiger charge is 2.32. The molecule has 15 heavy (non-hydrogen) atoms. The molecule has 0 bridgehead atoms. The van der Waals surface area contributed by atoms with E-state index < -0.39 is 0 Å². The first-order chi connectivity index (χ1) is 7.11. The minimum atomic E-state index is 0.0217. The lowest BCUT2D eigenvalue weighted by Gasteiger charge is -2.13. The molecule has 1 amide bonds. The van der Waals surface area contributed by atoms with Gasteiger partial charge in [0.15, 0.2) is 5.82 Å². The molecule has 2 rings (SSSR count). The Hall–Kier alpha value is -0.880. The summed E-state index contributed by atoms with van der Waals surface area (Å²) >= 11 is 3.36. The van der Waals surface area contributed by atoms with E-state index >= 15 is 0 Å². The minimum Gasteiger partial charge on any atom is -0.396 e. The van der Waals surface area contributed by atoms with Gasteiger partial charge in [0.25, 0.3) is 0 Å². The molecule has 1 aliphatic rings. The number of aryl methyl sites for hydroxylation is 1. The van der Waals surface area contributed by atoms with E-state index in [2.05, 4.69) is 21.0 Å². The highest BCUT2D eigenvalue weighted by molar-refractivity contribution is 9.10. The van der Waals surface area contributed by atoms with Gasteiger partial charge in [0.2, 0.25) is 5.91 Å². The number of aliphatic hydroxyl groups is 1. The third-order valence-electron chi connectivity index (χ3n) is 2.49. The molecule has 0 unspecified atom stereocenters. The molecule has 0 saturated carbocycles. The number of hydrogen-bond acceptors (Lipinski definition) is 3. The molecule has 1 fully saturated rings. The zero-order chi connectivity index (χ0) is 11.0. The van der Waals surface area contributed by atoms with E-state index in [9.17, 15) is 4.79 Å². The van der Waals surface area contributed by atoms with Crippen LogP contribution in [0.1, 0.15) is 6.42 Å². The van der Waals surface area contributed by atoms with Gasteiger partial charge in [-0.25, -0.2) is 0 Å². The van der Waals surface area contributed by atoms with Gasteiger partial charge in [-0.3, -0.25) is 14.4 Å². The lowest BCUT2D eigenvalue weighted by Crippen LogP contribution is -2.25. The van der Waals surface area contributed by atoms with E-state index in [1.54, 1.807) is 22.8 Å². The van der Waals surface area contributed by atoms with Gasteiger partial charge in [-0.15, -0.1) is 0 Å². The van der Waals surface area contributed by atoms with Crippen LogP contribution in [0.3, 0.4) is 0 Å². The normalized spacial score (nSPS) is 21.4. The minimum absolute atomic E-state index is 0.0217. The van der Waals surface area contributed by atoms with Gasteiger partial charge in [0.1, 0.15) is 0 Å². The molecule has 0 spiro atoms. The number of nitrogens with zero attached hydrogens (tertiary/aromatic N) is 3. The van der Waals surface area contributed by atoms with Crippen LogP contribution in [0.25, 0.3) is 0 Å². The average molecular weight is 274 g/mol. The molecule has 2 heterocycles. The third kappa shape index (κ3) is 1.91. The van der Waals surface area contributed by atoms with Crippen molar-refractivity contribution in [1.29, 1.82) is 0 Å². The van der Waals surface area contributed by atoms with Crippen molar-refractivity contribution in [1.82, 2.24) is 9.78 Å². The summed E-state index contributed by atoms with van der Waals surface area (Å²) in [6.07, 6.45) is 2.20. The first-order valence-electron chi connectivity index (χ1n) is 4.72. The summed E-state index contributed by atoms with van der Waals surface area (Å²) in [7, 11) is 1.80. The molecule has 82 valence electrons. The number of aliphatic hydroxyl groups excluding tert-OH is 1. The first kappa shape index (κ1) is 10.6. The van der Waals surface area contributed by atoms with Crippen LogP contribution in [-0.2, 0) is 11.8 Å². The van der Waals surface area contributed by atoms with Crippen molar-refractivity contribution in [2.45, 2.75) is 6.42 Å². The summed E-state index contributed by atoms with van der Waals surface area (Å²) in [4.78, 5) is 13.3. The SMILES string of the molecule is Cn1cc(Br)c(N2C[C@@H](CO)CC2=O)n1. The summed E-state index contributed by atoms with van der Waals surface area (Å²) in [6, 6.07) is 0. The van der Waals surface area contributed by atoms with Gasteiger partial charge >= 0.3 is 0 Å². The quantitative estimate of drug-likeness (QED) is 0.855. The molecule has 1 aromatic rings. The second-order valence-electron chi connectivity index (χ2n) is 3.73. The Kier molecular flexibility index (Phi) is 2.79. The van der Waals surface area contributed by atoms with E-state index in [4.69, 9.17) is 5.11 Å². The number of amides is 1. The van der Waals surface area contributed by atoms with Crippen LogP contribution in [0.4, 0.5) is 5.82 Å². The fourth-order valence-electron chi connectivity index (χ4n) is 1.74. The molecule has 1 aromatic heterocycles. The van der Waals surface area contributed by atoms with E-state index in [1.165, 1.54) is 0 Å². The van der Waals surface area contributed by atoms with Crippen LogP contribution in [0.2, 0.25) is 0 Å². The summed E-state index contributed by atoms with van der Waals surface area (Å²) in [6.45, 7) is 0.595. The van der Waals surface area contributed by atoms with Crippen LogP contribution < -0.4 is 4.90 Å². The van der Waals surface area contributed by atoms with Crippen molar-refractivity contribution in [3.05, 3.63) is 10.7 Å². The van der Waals surface area contributed by atoms with Gasteiger partial charge < -0.3 is 5.11 Å². The Morgan fingerprint density at radius 2 is 2.47 bits per heavy atom. The van der Waals surface area contributed by atoms with Gasteiger partial charge in [-0.1, -0.05) is 0 Å². The van der Waals surface area contributed by atoms with Crippen molar-refractivity contribution in [3.63, 3.8) is 0 Å². The number of hydrogen-bond donors (Lipinski definition) is 1. The van der Waals surface area contributed by atoms with Gasteiger partial charge in [-0.05, 0) is 15.9 Å². The zero-order valence-corrected chi connectivity index (χ0v) is 9.94. The van der Waals surface area contributed by atoms with Gasteiger partial charge in [-0.2, -0.15) is 5.10 Å². The van der Waals surface area contributed by atoms with Crippen molar-refractivity contribution >= 4 is 27.7 Å². The number of halogens is 1. The molecule has 0 radical (unpaired) electrons. The lowest BCUT2D eigenvalue weighted by molar-refractivity contribution is -0.117. The van der Waals surface area contributed by atoms with Crippen molar-refractivity contribution in [3.8, 4) is 0 Å². The third-order valence-corrected chi connectivity index (χ3v) is 3.04. The standard InChI is InChI=1S/C9H12BrN3O2/c1-12-4-7(10)9(11-12)13-3-6(5-14)2-8(13)15/h4,6,14H,2-3,5H2,1H3/t6-/m0/s1. The summed E-state index contributed by atoms with van der Waals surface area (Å²) in [5.74, 6) is 0.693. The maximum atomic E-state index is 11.7. The highest BCUT2D eigenvalue weighted by atomic mass is 79.9. The van der Waals surface area contributed by atoms with E-state index in [0.717, 1.165) is 4.47 Å².